The second-order valence-electron chi connectivity index (χ2n) is 5.96. The highest BCUT2D eigenvalue weighted by molar-refractivity contribution is 8.00. The number of benzene rings is 2. The van der Waals surface area contributed by atoms with Crippen molar-refractivity contribution < 1.29 is 9.59 Å². The molecule has 0 aliphatic rings. The first-order valence-electron chi connectivity index (χ1n) is 8.47. The Morgan fingerprint density at radius 3 is 2.50 bits per heavy atom. The zero-order valence-electron chi connectivity index (χ0n) is 15.0. The molecule has 0 aliphatic heterocycles. The van der Waals surface area contributed by atoms with Gasteiger partial charge in [0, 0.05) is 11.6 Å². The maximum absolute atomic E-state index is 12.5. The molecule has 0 bridgehead atoms. The molecule has 0 fully saturated rings. The molecule has 142 valence electrons. The molecular formula is C20H18N4O3S. The molecule has 1 aromatic heterocycles. The Labute approximate surface area is 165 Å². The summed E-state index contributed by atoms with van der Waals surface area (Å²) in [6.45, 7) is 1.68. The van der Waals surface area contributed by atoms with Crippen molar-refractivity contribution in [2.45, 2.75) is 17.3 Å². The predicted octanol–water partition coefficient (Wildman–Crippen LogP) is 2.66. The molecule has 0 saturated carbocycles. The zero-order valence-corrected chi connectivity index (χ0v) is 15.8. The summed E-state index contributed by atoms with van der Waals surface area (Å²) in [6.07, 6.45) is 0. The van der Waals surface area contributed by atoms with Crippen molar-refractivity contribution in [3.63, 3.8) is 0 Å². The van der Waals surface area contributed by atoms with E-state index in [1.165, 1.54) is 12.1 Å². The van der Waals surface area contributed by atoms with Crippen LogP contribution in [0.3, 0.4) is 0 Å². The Kier molecular flexibility index (Phi) is 5.90. The molecule has 1 atom stereocenters. The molecule has 0 saturated heterocycles. The number of para-hydroxylation sites is 1. The van der Waals surface area contributed by atoms with Gasteiger partial charge < -0.3 is 16.0 Å². The average Bonchev–Trinajstić information content (AvgIpc) is 2.68. The van der Waals surface area contributed by atoms with Crippen LogP contribution in [0.4, 0.5) is 5.69 Å². The summed E-state index contributed by atoms with van der Waals surface area (Å²) in [5, 5.41) is 2.45. The van der Waals surface area contributed by atoms with Crippen molar-refractivity contribution in [2.75, 3.05) is 5.32 Å². The van der Waals surface area contributed by atoms with E-state index in [-0.39, 0.29) is 17.0 Å². The molecular weight excluding hydrogens is 376 g/mol. The number of amides is 2. The highest BCUT2D eigenvalue weighted by Crippen LogP contribution is 2.23. The quantitative estimate of drug-likeness (QED) is 0.439. The number of primary amides is 1. The van der Waals surface area contributed by atoms with Crippen molar-refractivity contribution in [3.05, 3.63) is 76.6 Å². The van der Waals surface area contributed by atoms with Crippen molar-refractivity contribution in [3.8, 4) is 11.3 Å². The van der Waals surface area contributed by atoms with Crippen LogP contribution in [0.25, 0.3) is 11.3 Å². The summed E-state index contributed by atoms with van der Waals surface area (Å²) >= 11 is 1.11. The van der Waals surface area contributed by atoms with Crippen molar-refractivity contribution in [1.82, 2.24) is 9.97 Å². The minimum Gasteiger partial charge on any atom is -0.366 e. The van der Waals surface area contributed by atoms with Gasteiger partial charge >= 0.3 is 0 Å². The van der Waals surface area contributed by atoms with Crippen molar-refractivity contribution in [1.29, 1.82) is 0 Å². The normalized spacial score (nSPS) is 11.6. The lowest BCUT2D eigenvalue weighted by Crippen LogP contribution is -2.25. The molecule has 0 unspecified atom stereocenters. The van der Waals surface area contributed by atoms with Crippen LogP contribution >= 0.6 is 11.8 Å². The molecule has 1 heterocycles. The third-order valence-corrected chi connectivity index (χ3v) is 4.88. The topological polar surface area (TPSA) is 118 Å². The Morgan fingerprint density at radius 1 is 1.11 bits per heavy atom. The van der Waals surface area contributed by atoms with Crippen LogP contribution in [0, 0.1) is 0 Å². The number of H-pyrrole nitrogens is 1. The Balaban J connectivity index is 1.77. The van der Waals surface area contributed by atoms with Gasteiger partial charge in [0.05, 0.1) is 22.2 Å². The summed E-state index contributed by atoms with van der Waals surface area (Å²) in [7, 11) is 0. The first-order valence-corrected chi connectivity index (χ1v) is 9.35. The van der Waals surface area contributed by atoms with E-state index in [9.17, 15) is 14.4 Å². The number of carbonyl (C=O) groups excluding carboxylic acids is 2. The number of nitrogens with zero attached hydrogens (tertiary/aromatic N) is 1. The van der Waals surface area contributed by atoms with Gasteiger partial charge in [-0.3, -0.25) is 14.4 Å². The van der Waals surface area contributed by atoms with E-state index in [0.29, 0.717) is 16.5 Å². The molecule has 28 heavy (non-hydrogen) atoms. The molecule has 4 N–H and O–H groups in total. The summed E-state index contributed by atoms with van der Waals surface area (Å²) < 4.78 is 0. The molecule has 2 aromatic carbocycles. The number of anilines is 1. The molecule has 2 amide bonds. The minimum atomic E-state index is -0.627. The number of thioether (sulfide) groups is 1. The second kappa shape index (κ2) is 8.53. The van der Waals surface area contributed by atoms with Crippen molar-refractivity contribution >= 4 is 29.3 Å². The Bertz CT molecular complexity index is 1070. The Hall–Kier alpha value is -3.39. The summed E-state index contributed by atoms with van der Waals surface area (Å²) in [4.78, 5) is 43.1. The van der Waals surface area contributed by atoms with Gasteiger partial charge in [-0.1, -0.05) is 54.2 Å². The maximum Gasteiger partial charge on any atom is 0.252 e. The first-order chi connectivity index (χ1) is 13.4. The summed E-state index contributed by atoms with van der Waals surface area (Å²) in [5.41, 5.74) is 6.93. The van der Waals surface area contributed by atoms with Gasteiger partial charge in [-0.05, 0) is 19.1 Å². The molecule has 7 nitrogen and oxygen atoms in total. The van der Waals surface area contributed by atoms with Gasteiger partial charge in [0.15, 0.2) is 5.16 Å². The number of aromatic nitrogens is 2. The smallest absolute Gasteiger partial charge is 0.252 e. The molecule has 8 heteroatoms. The fourth-order valence-corrected chi connectivity index (χ4v) is 3.32. The zero-order chi connectivity index (χ0) is 20.1. The van der Waals surface area contributed by atoms with E-state index >= 15 is 0 Å². The van der Waals surface area contributed by atoms with Gasteiger partial charge in [-0.2, -0.15) is 0 Å². The van der Waals surface area contributed by atoms with Crippen molar-refractivity contribution in [2.24, 2.45) is 5.73 Å². The third kappa shape index (κ3) is 4.66. The van der Waals surface area contributed by atoms with E-state index in [1.807, 2.05) is 30.3 Å². The number of rotatable bonds is 6. The third-order valence-electron chi connectivity index (χ3n) is 3.90. The summed E-state index contributed by atoms with van der Waals surface area (Å²) in [6, 6.07) is 17.2. The molecule has 0 aliphatic carbocycles. The minimum absolute atomic E-state index is 0.227. The highest BCUT2D eigenvalue weighted by Gasteiger charge is 2.18. The van der Waals surface area contributed by atoms with E-state index < -0.39 is 11.2 Å². The fourth-order valence-electron chi connectivity index (χ4n) is 2.51. The van der Waals surface area contributed by atoms with E-state index in [0.717, 1.165) is 17.3 Å². The first kappa shape index (κ1) is 19.4. The lowest BCUT2D eigenvalue weighted by atomic mass is 10.1. The second-order valence-corrected chi connectivity index (χ2v) is 7.29. The van der Waals surface area contributed by atoms with Gasteiger partial charge in [0.25, 0.3) is 11.5 Å². The van der Waals surface area contributed by atoms with Crippen LogP contribution in [-0.4, -0.2) is 27.0 Å². The van der Waals surface area contributed by atoms with Gasteiger partial charge in [-0.15, -0.1) is 0 Å². The monoisotopic (exact) mass is 394 g/mol. The van der Waals surface area contributed by atoms with E-state index in [1.54, 1.807) is 25.1 Å². The van der Waals surface area contributed by atoms with Crippen LogP contribution in [0.5, 0.6) is 0 Å². The van der Waals surface area contributed by atoms with Crippen LogP contribution in [0.2, 0.25) is 0 Å². The maximum atomic E-state index is 12.5. The fraction of sp³-hybridized carbons (Fsp3) is 0.100. The Morgan fingerprint density at radius 2 is 1.79 bits per heavy atom. The molecule has 0 radical (unpaired) electrons. The SMILES string of the molecule is C[C@@H](Sc1nc(-c2ccccc2)cc(=O)[nH]1)C(=O)Nc1ccccc1C(N)=O. The number of nitrogens with two attached hydrogens (primary N) is 1. The van der Waals surface area contributed by atoms with Crippen LogP contribution in [0.15, 0.2) is 70.6 Å². The predicted molar refractivity (Wildman–Crippen MR) is 109 cm³/mol. The standard InChI is InChI=1S/C20H18N4O3S/c1-12(19(27)22-15-10-6-5-9-14(15)18(21)26)28-20-23-16(11-17(25)24-20)13-7-3-2-4-8-13/h2-12H,1H3,(H2,21,26)(H,22,27)(H,23,24,25)/t12-/m1/s1. The van der Waals surface area contributed by atoms with Gasteiger partial charge in [0.2, 0.25) is 5.91 Å². The number of aromatic amines is 1. The lowest BCUT2D eigenvalue weighted by molar-refractivity contribution is -0.115. The number of carbonyl (C=O) groups is 2. The van der Waals surface area contributed by atoms with Crippen LogP contribution < -0.4 is 16.6 Å². The number of hydrogen-bond acceptors (Lipinski definition) is 5. The highest BCUT2D eigenvalue weighted by atomic mass is 32.2. The molecule has 3 rings (SSSR count). The van der Waals surface area contributed by atoms with Crippen LogP contribution in [-0.2, 0) is 4.79 Å². The average molecular weight is 394 g/mol. The van der Waals surface area contributed by atoms with E-state index in [4.69, 9.17) is 5.73 Å². The lowest BCUT2D eigenvalue weighted by Gasteiger charge is -2.13. The summed E-state index contributed by atoms with van der Waals surface area (Å²) in [5.74, 6) is -0.968. The van der Waals surface area contributed by atoms with Gasteiger partial charge in [-0.25, -0.2) is 4.98 Å². The van der Waals surface area contributed by atoms with E-state index in [2.05, 4.69) is 15.3 Å². The number of nitrogens with one attached hydrogen (secondary N) is 2. The largest absolute Gasteiger partial charge is 0.366 e. The number of hydrogen-bond donors (Lipinski definition) is 3. The molecule has 3 aromatic rings. The van der Waals surface area contributed by atoms with Gasteiger partial charge in [0.1, 0.15) is 0 Å². The molecule has 0 spiro atoms. The van der Waals surface area contributed by atoms with Crippen LogP contribution in [0.1, 0.15) is 17.3 Å².